The summed E-state index contributed by atoms with van der Waals surface area (Å²) in [5.74, 6) is -2.39. The first-order valence-corrected chi connectivity index (χ1v) is 6.50. The highest BCUT2D eigenvalue weighted by Gasteiger charge is 2.28. The predicted octanol–water partition coefficient (Wildman–Crippen LogP) is 2.33. The monoisotopic (exact) mass is 309 g/mol. The van der Waals surface area contributed by atoms with E-state index in [2.05, 4.69) is 10.3 Å². The summed E-state index contributed by atoms with van der Waals surface area (Å²) in [4.78, 5) is 22.6. The Morgan fingerprint density at radius 3 is 2.62 bits per heavy atom. The summed E-state index contributed by atoms with van der Waals surface area (Å²) in [6, 6.07) is 5.44. The molecule has 0 aliphatic heterocycles. The molecule has 1 aromatic heterocycles. The Labute approximate surface area is 124 Å². The summed E-state index contributed by atoms with van der Waals surface area (Å²) in [5.41, 5.74) is 0.265. The Balaban J connectivity index is 2.68. The largest absolute Gasteiger partial charge is 0.480 e. The van der Waals surface area contributed by atoms with Crippen molar-refractivity contribution in [2.75, 3.05) is 0 Å². The fourth-order valence-corrected chi connectivity index (χ4v) is 2.20. The lowest BCUT2D eigenvalue weighted by Crippen LogP contribution is -2.20. The van der Waals surface area contributed by atoms with Gasteiger partial charge in [0.2, 0.25) is 0 Å². The summed E-state index contributed by atoms with van der Waals surface area (Å²) < 4.78 is 1.11. The Morgan fingerprint density at radius 2 is 2.10 bits per heavy atom. The van der Waals surface area contributed by atoms with Gasteiger partial charge in [-0.1, -0.05) is 35.9 Å². The van der Waals surface area contributed by atoms with E-state index in [9.17, 15) is 19.8 Å². The third kappa shape index (κ3) is 2.87. The lowest BCUT2D eigenvalue weighted by atomic mass is 10.1. The van der Waals surface area contributed by atoms with Crippen molar-refractivity contribution in [2.45, 2.75) is 19.4 Å². The number of carboxylic acid groups (broad SMARTS) is 2. The molecule has 0 amide bonds. The number of carboxylic acids is 2. The standard InChI is InChI=1S/C13H12ClN3O4/c1-2-9(12(18)19)17-11(10(13(20)21)15-16-17)7-4-3-5-8(14)6-7/h3-6,9H,2H2,1H3,(H,18,19)(H,20,21). The van der Waals surface area contributed by atoms with E-state index in [-0.39, 0.29) is 17.8 Å². The van der Waals surface area contributed by atoms with Crippen LogP contribution in [0.25, 0.3) is 11.3 Å². The molecule has 1 aromatic carbocycles. The van der Waals surface area contributed by atoms with Gasteiger partial charge in [-0.25, -0.2) is 14.3 Å². The van der Waals surface area contributed by atoms with E-state index in [1.54, 1.807) is 25.1 Å². The first kappa shape index (κ1) is 15.0. The molecule has 0 aliphatic rings. The molecular formula is C13H12ClN3O4. The maximum Gasteiger partial charge on any atom is 0.358 e. The van der Waals surface area contributed by atoms with E-state index < -0.39 is 18.0 Å². The average Bonchev–Trinajstić information content (AvgIpc) is 2.84. The van der Waals surface area contributed by atoms with E-state index in [0.717, 1.165) is 4.68 Å². The normalized spacial score (nSPS) is 12.1. The Morgan fingerprint density at radius 1 is 1.38 bits per heavy atom. The second kappa shape index (κ2) is 5.92. The van der Waals surface area contributed by atoms with Gasteiger partial charge in [0.05, 0.1) is 0 Å². The van der Waals surface area contributed by atoms with Crippen LogP contribution in [0.4, 0.5) is 0 Å². The number of hydrogen-bond donors (Lipinski definition) is 2. The second-order valence-corrected chi connectivity index (χ2v) is 4.75. The van der Waals surface area contributed by atoms with Crippen LogP contribution in [0.5, 0.6) is 0 Å². The third-order valence-corrected chi connectivity index (χ3v) is 3.20. The lowest BCUT2D eigenvalue weighted by Gasteiger charge is -2.13. The molecule has 1 unspecified atom stereocenters. The summed E-state index contributed by atoms with van der Waals surface area (Å²) >= 11 is 5.91. The molecule has 0 aliphatic carbocycles. The van der Waals surface area contributed by atoms with Crippen molar-refractivity contribution in [3.05, 3.63) is 35.0 Å². The quantitative estimate of drug-likeness (QED) is 0.878. The van der Waals surface area contributed by atoms with Crippen molar-refractivity contribution >= 4 is 23.5 Å². The molecular weight excluding hydrogens is 298 g/mol. The van der Waals surface area contributed by atoms with Crippen LogP contribution in [0.15, 0.2) is 24.3 Å². The van der Waals surface area contributed by atoms with Crippen LogP contribution in [-0.4, -0.2) is 37.1 Å². The van der Waals surface area contributed by atoms with Crippen LogP contribution in [0.3, 0.4) is 0 Å². The molecule has 0 radical (unpaired) electrons. The Kier molecular flexibility index (Phi) is 4.23. The SMILES string of the molecule is CCC(C(=O)O)n1nnc(C(=O)O)c1-c1cccc(Cl)c1. The molecule has 0 saturated heterocycles. The number of benzene rings is 1. The van der Waals surface area contributed by atoms with E-state index in [4.69, 9.17) is 11.6 Å². The molecule has 0 bridgehead atoms. The summed E-state index contributed by atoms with van der Waals surface area (Å²) in [6.07, 6.45) is 0.241. The van der Waals surface area contributed by atoms with Gasteiger partial charge in [0.25, 0.3) is 0 Å². The maximum absolute atomic E-state index is 11.3. The molecule has 1 heterocycles. The first-order chi connectivity index (χ1) is 9.95. The van der Waals surface area contributed by atoms with Gasteiger partial charge in [0.1, 0.15) is 5.69 Å². The Bertz CT molecular complexity index is 698. The van der Waals surface area contributed by atoms with Crippen molar-refractivity contribution in [3.8, 4) is 11.3 Å². The van der Waals surface area contributed by atoms with Gasteiger partial charge >= 0.3 is 11.9 Å². The summed E-state index contributed by atoms with van der Waals surface area (Å²) in [6.45, 7) is 1.67. The van der Waals surface area contributed by atoms with Crippen molar-refractivity contribution < 1.29 is 19.8 Å². The third-order valence-electron chi connectivity index (χ3n) is 2.96. The van der Waals surface area contributed by atoms with Crippen LogP contribution in [0.1, 0.15) is 29.9 Å². The zero-order chi connectivity index (χ0) is 15.6. The van der Waals surface area contributed by atoms with Crippen molar-refractivity contribution in [3.63, 3.8) is 0 Å². The number of aromatic carboxylic acids is 1. The van der Waals surface area contributed by atoms with E-state index in [0.29, 0.717) is 10.6 Å². The van der Waals surface area contributed by atoms with Gasteiger partial charge in [-0.2, -0.15) is 0 Å². The minimum absolute atomic E-state index is 0.124. The summed E-state index contributed by atoms with van der Waals surface area (Å²) in [5, 5.41) is 26.1. The molecule has 2 aromatic rings. The van der Waals surface area contributed by atoms with E-state index >= 15 is 0 Å². The zero-order valence-corrected chi connectivity index (χ0v) is 11.8. The highest BCUT2D eigenvalue weighted by molar-refractivity contribution is 6.30. The number of aromatic nitrogens is 3. The van der Waals surface area contributed by atoms with E-state index in [1.165, 1.54) is 6.07 Å². The van der Waals surface area contributed by atoms with Crippen molar-refractivity contribution in [1.29, 1.82) is 0 Å². The molecule has 0 saturated carbocycles. The molecule has 1 atom stereocenters. The van der Waals surface area contributed by atoms with Gasteiger partial charge in [-0.05, 0) is 18.6 Å². The highest BCUT2D eigenvalue weighted by Crippen LogP contribution is 2.28. The molecule has 2 rings (SSSR count). The zero-order valence-electron chi connectivity index (χ0n) is 11.0. The first-order valence-electron chi connectivity index (χ1n) is 6.13. The second-order valence-electron chi connectivity index (χ2n) is 4.31. The molecule has 7 nitrogen and oxygen atoms in total. The summed E-state index contributed by atoms with van der Waals surface area (Å²) in [7, 11) is 0. The highest BCUT2D eigenvalue weighted by atomic mass is 35.5. The fourth-order valence-electron chi connectivity index (χ4n) is 2.01. The molecule has 8 heteroatoms. The predicted molar refractivity (Wildman–Crippen MR) is 74.4 cm³/mol. The number of nitrogens with zero attached hydrogens (tertiary/aromatic N) is 3. The Hall–Kier alpha value is -2.41. The molecule has 21 heavy (non-hydrogen) atoms. The lowest BCUT2D eigenvalue weighted by molar-refractivity contribution is -0.141. The van der Waals surface area contributed by atoms with Crippen LogP contribution < -0.4 is 0 Å². The minimum atomic E-state index is -1.28. The molecule has 0 spiro atoms. The van der Waals surface area contributed by atoms with Gasteiger partial charge < -0.3 is 10.2 Å². The number of hydrogen-bond acceptors (Lipinski definition) is 4. The topological polar surface area (TPSA) is 105 Å². The minimum Gasteiger partial charge on any atom is -0.480 e. The number of aliphatic carboxylic acids is 1. The molecule has 2 N–H and O–H groups in total. The van der Waals surface area contributed by atoms with Crippen LogP contribution in [0.2, 0.25) is 5.02 Å². The van der Waals surface area contributed by atoms with Gasteiger partial charge in [0.15, 0.2) is 11.7 Å². The molecule has 110 valence electrons. The smallest absolute Gasteiger partial charge is 0.358 e. The van der Waals surface area contributed by atoms with Gasteiger partial charge in [0, 0.05) is 10.6 Å². The average molecular weight is 310 g/mol. The molecule has 0 fully saturated rings. The fraction of sp³-hybridized carbons (Fsp3) is 0.231. The van der Waals surface area contributed by atoms with Gasteiger partial charge in [-0.15, -0.1) is 5.10 Å². The van der Waals surface area contributed by atoms with Gasteiger partial charge in [-0.3, -0.25) is 0 Å². The number of carbonyl (C=O) groups is 2. The maximum atomic E-state index is 11.3. The van der Waals surface area contributed by atoms with E-state index in [1.807, 2.05) is 0 Å². The number of halogens is 1. The number of rotatable bonds is 5. The van der Waals surface area contributed by atoms with Crippen molar-refractivity contribution in [1.82, 2.24) is 15.0 Å². The van der Waals surface area contributed by atoms with Crippen LogP contribution >= 0.6 is 11.6 Å². The van der Waals surface area contributed by atoms with Crippen LogP contribution in [-0.2, 0) is 4.79 Å². The van der Waals surface area contributed by atoms with Crippen LogP contribution in [0, 0.1) is 0 Å². The van der Waals surface area contributed by atoms with Crippen molar-refractivity contribution in [2.24, 2.45) is 0 Å².